The van der Waals surface area contributed by atoms with Crippen LogP contribution in [-0.2, 0) is 21.2 Å². The zero-order valence-electron chi connectivity index (χ0n) is 16.8. The summed E-state index contributed by atoms with van der Waals surface area (Å²) in [4.78, 5) is 17.5. The van der Waals surface area contributed by atoms with E-state index in [4.69, 9.17) is 16.3 Å². The van der Waals surface area contributed by atoms with E-state index in [-0.39, 0.29) is 29.4 Å². The second-order valence-corrected chi connectivity index (χ2v) is 10.1. The molecule has 0 saturated carbocycles. The summed E-state index contributed by atoms with van der Waals surface area (Å²) in [7, 11) is -3.46. The first kappa shape index (κ1) is 22.5. The van der Waals surface area contributed by atoms with Crippen molar-refractivity contribution < 1.29 is 17.9 Å². The molecule has 30 heavy (non-hydrogen) atoms. The van der Waals surface area contributed by atoms with Crippen molar-refractivity contribution in [3.8, 4) is 5.75 Å². The number of sulfone groups is 1. The van der Waals surface area contributed by atoms with Crippen LogP contribution < -0.4 is 9.54 Å². The Hall–Kier alpha value is -2.16. The Balaban J connectivity index is 1.76. The van der Waals surface area contributed by atoms with Gasteiger partial charge < -0.3 is 9.30 Å². The van der Waals surface area contributed by atoms with E-state index < -0.39 is 9.84 Å². The highest BCUT2D eigenvalue weighted by molar-refractivity contribution is 7.91. The van der Waals surface area contributed by atoms with Crippen LogP contribution >= 0.6 is 22.9 Å². The standard InChI is InChI=1S/C21H23ClN2O4S2/c1-3-24-20-17(28-4-2)7-5-8-18(20)29-21(24)23-19(25)9-6-14-30(26,27)16-12-10-15(22)11-13-16/h5,7-8,10-13H,3-4,6,9,14H2,1-2H3. The van der Waals surface area contributed by atoms with Gasteiger partial charge in [-0.05, 0) is 56.7 Å². The van der Waals surface area contributed by atoms with Gasteiger partial charge in [0, 0.05) is 18.0 Å². The number of benzene rings is 2. The third-order valence-electron chi connectivity index (χ3n) is 4.48. The Morgan fingerprint density at radius 2 is 1.90 bits per heavy atom. The van der Waals surface area contributed by atoms with Gasteiger partial charge in [-0.1, -0.05) is 29.0 Å². The quantitative estimate of drug-likeness (QED) is 0.491. The van der Waals surface area contributed by atoms with E-state index in [0.29, 0.717) is 23.0 Å². The molecule has 0 unspecified atom stereocenters. The monoisotopic (exact) mass is 466 g/mol. The predicted octanol–water partition coefficient (Wildman–Crippen LogP) is 4.46. The summed E-state index contributed by atoms with van der Waals surface area (Å²) in [5, 5.41) is 0.475. The van der Waals surface area contributed by atoms with Crippen LogP contribution in [0, 0.1) is 0 Å². The zero-order chi connectivity index (χ0) is 21.7. The molecule has 3 rings (SSSR count). The lowest BCUT2D eigenvalue weighted by Crippen LogP contribution is -2.16. The highest BCUT2D eigenvalue weighted by Gasteiger charge is 2.16. The molecule has 0 aliphatic heterocycles. The van der Waals surface area contributed by atoms with Crippen LogP contribution in [0.1, 0.15) is 26.7 Å². The molecule has 6 nitrogen and oxygen atoms in total. The number of ether oxygens (including phenoxy) is 1. The topological polar surface area (TPSA) is 77.7 Å². The van der Waals surface area contributed by atoms with Gasteiger partial charge in [0.25, 0.3) is 0 Å². The van der Waals surface area contributed by atoms with E-state index in [1.807, 2.05) is 36.6 Å². The Morgan fingerprint density at radius 3 is 2.57 bits per heavy atom. The first-order valence-electron chi connectivity index (χ1n) is 9.66. The molecule has 0 atom stereocenters. The second-order valence-electron chi connectivity index (χ2n) is 6.55. The lowest BCUT2D eigenvalue weighted by atomic mass is 10.3. The number of hydrogen-bond acceptors (Lipinski definition) is 5. The van der Waals surface area contributed by atoms with Crippen LogP contribution in [0.2, 0.25) is 5.02 Å². The number of amides is 1. The van der Waals surface area contributed by atoms with Crippen LogP contribution in [0.3, 0.4) is 0 Å². The maximum atomic E-state index is 12.4. The SMILES string of the molecule is CCOc1cccc2sc(=NC(=O)CCCS(=O)(=O)c3ccc(Cl)cc3)n(CC)c12. The van der Waals surface area contributed by atoms with Gasteiger partial charge in [-0.25, -0.2) is 8.42 Å². The van der Waals surface area contributed by atoms with E-state index in [2.05, 4.69) is 4.99 Å². The average Bonchev–Trinajstić information content (AvgIpc) is 3.06. The molecule has 0 radical (unpaired) electrons. The van der Waals surface area contributed by atoms with E-state index in [9.17, 15) is 13.2 Å². The molecule has 1 amide bonds. The Labute approximate surface area is 184 Å². The summed E-state index contributed by atoms with van der Waals surface area (Å²) in [6.07, 6.45) is 0.262. The number of rotatable bonds is 8. The molecule has 0 N–H and O–H groups in total. The van der Waals surface area contributed by atoms with Crippen molar-refractivity contribution >= 4 is 48.9 Å². The summed E-state index contributed by atoms with van der Waals surface area (Å²) >= 11 is 7.22. The van der Waals surface area contributed by atoms with E-state index in [1.165, 1.54) is 35.6 Å². The van der Waals surface area contributed by atoms with E-state index >= 15 is 0 Å². The van der Waals surface area contributed by atoms with Gasteiger partial charge in [-0.2, -0.15) is 4.99 Å². The fraction of sp³-hybridized carbons (Fsp3) is 0.333. The molecule has 0 bridgehead atoms. The molecule has 1 aromatic heterocycles. The lowest BCUT2D eigenvalue weighted by Gasteiger charge is -2.07. The van der Waals surface area contributed by atoms with Gasteiger partial charge in [-0.3, -0.25) is 4.79 Å². The third-order valence-corrected chi connectivity index (χ3v) is 7.59. The van der Waals surface area contributed by atoms with Crippen molar-refractivity contribution in [1.29, 1.82) is 0 Å². The van der Waals surface area contributed by atoms with Gasteiger partial charge in [0.2, 0.25) is 5.91 Å². The Morgan fingerprint density at radius 1 is 1.17 bits per heavy atom. The van der Waals surface area contributed by atoms with Crippen LogP contribution in [0.25, 0.3) is 10.2 Å². The molecule has 9 heteroatoms. The smallest absolute Gasteiger partial charge is 0.248 e. The first-order valence-corrected chi connectivity index (χ1v) is 12.5. The highest BCUT2D eigenvalue weighted by Crippen LogP contribution is 2.27. The van der Waals surface area contributed by atoms with E-state index in [1.54, 1.807) is 0 Å². The molecule has 0 saturated heterocycles. The minimum Gasteiger partial charge on any atom is -0.492 e. The molecule has 160 valence electrons. The van der Waals surface area contributed by atoms with Crippen LogP contribution in [0.4, 0.5) is 0 Å². The normalized spacial score (nSPS) is 12.4. The van der Waals surface area contributed by atoms with Crippen molar-refractivity contribution in [2.45, 2.75) is 38.1 Å². The van der Waals surface area contributed by atoms with Gasteiger partial charge >= 0.3 is 0 Å². The van der Waals surface area contributed by atoms with Crippen molar-refractivity contribution in [1.82, 2.24) is 4.57 Å². The largest absolute Gasteiger partial charge is 0.492 e. The molecule has 3 aromatic rings. The maximum Gasteiger partial charge on any atom is 0.248 e. The average molecular weight is 467 g/mol. The summed E-state index contributed by atoms with van der Waals surface area (Å²) < 4.78 is 33.5. The minimum absolute atomic E-state index is 0.0586. The Bertz CT molecular complexity index is 1210. The number of halogens is 1. The molecular formula is C21H23ClN2O4S2. The number of aryl methyl sites for hydroxylation is 1. The van der Waals surface area contributed by atoms with Crippen molar-refractivity contribution in [3.63, 3.8) is 0 Å². The fourth-order valence-electron chi connectivity index (χ4n) is 3.08. The molecule has 2 aromatic carbocycles. The van der Waals surface area contributed by atoms with Crippen LogP contribution in [0.15, 0.2) is 52.4 Å². The van der Waals surface area contributed by atoms with Crippen molar-refractivity contribution in [2.75, 3.05) is 12.4 Å². The number of carbonyl (C=O) groups is 1. The molecule has 0 aliphatic carbocycles. The lowest BCUT2D eigenvalue weighted by molar-refractivity contribution is -0.118. The molecule has 0 fully saturated rings. The van der Waals surface area contributed by atoms with Gasteiger partial charge in [0.1, 0.15) is 11.3 Å². The number of fused-ring (bicyclic) bond motifs is 1. The van der Waals surface area contributed by atoms with E-state index in [0.717, 1.165) is 16.0 Å². The van der Waals surface area contributed by atoms with Gasteiger partial charge in [0.15, 0.2) is 14.6 Å². The third kappa shape index (κ3) is 5.11. The molecule has 0 aliphatic rings. The number of hydrogen-bond donors (Lipinski definition) is 0. The van der Waals surface area contributed by atoms with Crippen LogP contribution in [0.5, 0.6) is 5.75 Å². The zero-order valence-corrected chi connectivity index (χ0v) is 19.2. The number of para-hydroxylation sites is 1. The number of thiazole rings is 1. The molecule has 1 heterocycles. The predicted molar refractivity (Wildman–Crippen MR) is 120 cm³/mol. The van der Waals surface area contributed by atoms with Gasteiger partial charge in [-0.15, -0.1) is 0 Å². The maximum absolute atomic E-state index is 12.4. The molecule has 0 spiro atoms. The summed E-state index contributed by atoms with van der Waals surface area (Å²) in [6, 6.07) is 11.8. The summed E-state index contributed by atoms with van der Waals surface area (Å²) in [5.41, 5.74) is 0.920. The minimum atomic E-state index is -3.46. The molecular weight excluding hydrogens is 444 g/mol. The fourth-order valence-corrected chi connectivity index (χ4v) is 5.65. The number of aromatic nitrogens is 1. The van der Waals surface area contributed by atoms with Crippen molar-refractivity contribution in [2.24, 2.45) is 4.99 Å². The van der Waals surface area contributed by atoms with Crippen molar-refractivity contribution in [3.05, 3.63) is 52.3 Å². The van der Waals surface area contributed by atoms with Gasteiger partial charge in [0.05, 0.1) is 22.0 Å². The van der Waals surface area contributed by atoms with Crippen LogP contribution in [-0.4, -0.2) is 31.3 Å². The Kier molecular flexibility index (Phi) is 7.33. The number of carbonyl (C=O) groups excluding carboxylic acids is 1. The second kappa shape index (κ2) is 9.76. The summed E-state index contributed by atoms with van der Waals surface area (Å²) in [5.74, 6) is 0.300. The highest BCUT2D eigenvalue weighted by atomic mass is 35.5. The first-order chi connectivity index (χ1) is 14.4. The number of nitrogens with zero attached hydrogens (tertiary/aromatic N) is 2. The summed E-state index contributed by atoms with van der Waals surface area (Å²) in [6.45, 7) is 5.10.